The van der Waals surface area contributed by atoms with E-state index in [2.05, 4.69) is 208 Å². The highest BCUT2D eigenvalue weighted by Gasteiger charge is 2.35. The Kier molecular flexibility index (Phi) is 7.27. The van der Waals surface area contributed by atoms with E-state index in [9.17, 15) is 0 Å². The summed E-state index contributed by atoms with van der Waals surface area (Å²) in [7, 11) is 0. The summed E-state index contributed by atoms with van der Waals surface area (Å²) in [5.41, 5.74) is 17.4. The standard InChI is InChI=1S/C53H38/c1-53(2)49-33-47(45-29-41(35-15-7-3-8-16-35)27-42(30-45)36-17-9-4-10-18-36)25-39-23-24-40-26-48(34-50(53)52(40)51(39)49)46-31-43(37-19-11-5-12-20-37)28-44(32-46)38-21-13-6-14-22-38/h3-34H,1-2H3. The molecule has 0 N–H and O–H groups in total. The quantitative estimate of drug-likeness (QED) is 0.154. The Hall–Kier alpha value is -6.50. The van der Waals surface area contributed by atoms with Gasteiger partial charge in [0.05, 0.1) is 0 Å². The normalized spacial score (nSPS) is 12.9. The molecule has 0 atom stereocenters. The number of benzene rings is 9. The van der Waals surface area contributed by atoms with Crippen LogP contribution >= 0.6 is 0 Å². The van der Waals surface area contributed by atoms with Gasteiger partial charge in [-0.25, -0.2) is 0 Å². The molecule has 9 aromatic carbocycles. The van der Waals surface area contributed by atoms with Crippen molar-refractivity contribution in [1.29, 1.82) is 0 Å². The lowest BCUT2D eigenvalue weighted by Crippen LogP contribution is -2.15. The zero-order chi connectivity index (χ0) is 35.5. The zero-order valence-corrected chi connectivity index (χ0v) is 30.0. The van der Waals surface area contributed by atoms with Crippen molar-refractivity contribution in [2.24, 2.45) is 0 Å². The van der Waals surface area contributed by atoms with Crippen LogP contribution in [-0.4, -0.2) is 0 Å². The first kappa shape index (κ1) is 31.3. The van der Waals surface area contributed by atoms with E-state index in [-0.39, 0.29) is 5.41 Å². The lowest BCUT2D eigenvalue weighted by Gasteiger charge is -2.24. The van der Waals surface area contributed by atoms with Crippen molar-refractivity contribution in [3.05, 3.63) is 205 Å². The van der Waals surface area contributed by atoms with Gasteiger partial charge in [0.1, 0.15) is 0 Å². The molecule has 53 heavy (non-hydrogen) atoms. The van der Waals surface area contributed by atoms with Crippen molar-refractivity contribution in [2.45, 2.75) is 19.3 Å². The Labute approximate surface area is 311 Å². The first-order valence-corrected chi connectivity index (χ1v) is 18.6. The van der Waals surface area contributed by atoms with Crippen LogP contribution in [0.25, 0.3) is 88.3 Å². The summed E-state index contributed by atoms with van der Waals surface area (Å²) in [5.74, 6) is 0. The molecule has 0 spiro atoms. The van der Waals surface area contributed by atoms with Crippen molar-refractivity contribution in [3.63, 3.8) is 0 Å². The number of rotatable bonds is 6. The van der Waals surface area contributed by atoms with Crippen LogP contribution in [-0.2, 0) is 5.41 Å². The second-order valence-electron chi connectivity index (χ2n) is 15.0. The van der Waals surface area contributed by atoms with Gasteiger partial charge in [-0.2, -0.15) is 0 Å². The van der Waals surface area contributed by atoms with E-state index >= 15 is 0 Å². The summed E-state index contributed by atoms with van der Waals surface area (Å²) in [4.78, 5) is 0. The summed E-state index contributed by atoms with van der Waals surface area (Å²) in [6.07, 6.45) is 0. The van der Waals surface area contributed by atoms with E-state index in [1.165, 1.54) is 99.4 Å². The van der Waals surface area contributed by atoms with Crippen LogP contribution in [0.4, 0.5) is 0 Å². The summed E-state index contributed by atoms with van der Waals surface area (Å²) < 4.78 is 0. The second kappa shape index (κ2) is 12.3. The predicted octanol–water partition coefficient (Wildman–Crippen LogP) is 14.6. The minimum Gasteiger partial charge on any atom is -0.0622 e. The van der Waals surface area contributed by atoms with E-state index in [1.54, 1.807) is 0 Å². The molecule has 1 aliphatic carbocycles. The van der Waals surface area contributed by atoms with Gasteiger partial charge in [0.25, 0.3) is 0 Å². The Balaban J connectivity index is 1.13. The maximum absolute atomic E-state index is 2.48. The van der Waals surface area contributed by atoms with Gasteiger partial charge in [-0.1, -0.05) is 147 Å². The second-order valence-corrected chi connectivity index (χ2v) is 15.0. The maximum atomic E-state index is 2.48. The van der Waals surface area contributed by atoms with E-state index in [4.69, 9.17) is 0 Å². The smallest absolute Gasteiger partial charge is 0.0159 e. The average molecular weight is 675 g/mol. The molecule has 0 fully saturated rings. The Morgan fingerprint density at radius 2 is 0.491 bits per heavy atom. The predicted molar refractivity (Wildman–Crippen MR) is 226 cm³/mol. The molecule has 9 aromatic rings. The molecular formula is C53H38. The van der Waals surface area contributed by atoms with Crippen LogP contribution in [0, 0.1) is 0 Å². The minimum atomic E-state index is -0.176. The van der Waals surface area contributed by atoms with E-state index in [0.717, 1.165) is 0 Å². The van der Waals surface area contributed by atoms with Gasteiger partial charge in [0.2, 0.25) is 0 Å². The van der Waals surface area contributed by atoms with E-state index < -0.39 is 0 Å². The van der Waals surface area contributed by atoms with Crippen LogP contribution in [0.3, 0.4) is 0 Å². The van der Waals surface area contributed by atoms with Gasteiger partial charge in [0, 0.05) is 5.41 Å². The van der Waals surface area contributed by atoms with Crippen molar-refractivity contribution in [2.75, 3.05) is 0 Å². The van der Waals surface area contributed by atoms with E-state index in [0.29, 0.717) is 0 Å². The van der Waals surface area contributed by atoms with Crippen LogP contribution in [0.15, 0.2) is 194 Å². The fourth-order valence-electron chi connectivity index (χ4n) is 8.57. The molecule has 10 rings (SSSR count). The molecule has 0 amide bonds. The summed E-state index contributed by atoms with van der Waals surface area (Å²) in [6, 6.07) is 71.6. The third-order valence-corrected chi connectivity index (χ3v) is 11.3. The van der Waals surface area contributed by atoms with Crippen molar-refractivity contribution in [1.82, 2.24) is 0 Å². The highest BCUT2D eigenvalue weighted by atomic mass is 14.4. The SMILES string of the molecule is CC1(C)c2cc(-c3cc(-c4ccccc4)cc(-c4ccccc4)c3)cc3ccc4cc(-c5cc(-c6ccccc6)cc(-c6ccccc6)c5)cc1c4c23. The fourth-order valence-corrected chi connectivity index (χ4v) is 8.57. The van der Waals surface area contributed by atoms with Gasteiger partial charge in [-0.05, 0) is 160 Å². The van der Waals surface area contributed by atoms with Crippen LogP contribution < -0.4 is 0 Å². The molecule has 0 heteroatoms. The highest BCUT2D eigenvalue weighted by Crippen LogP contribution is 2.52. The van der Waals surface area contributed by atoms with Crippen LogP contribution in [0.5, 0.6) is 0 Å². The molecule has 1 aliphatic rings. The third kappa shape index (κ3) is 5.38. The zero-order valence-electron chi connectivity index (χ0n) is 30.0. The first-order chi connectivity index (χ1) is 26.0. The van der Waals surface area contributed by atoms with Gasteiger partial charge in [-0.15, -0.1) is 0 Å². The molecule has 0 saturated carbocycles. The van der Waals surface area contributed by atoms with Crippen molar-refractivity contribution in [3.8, 4) is 66.8 Å². The summed E-state index contributed by atoms with van der Waals surface area (Å²) >= 11 is 0. The average Bonchev–Trinajstić information content (AvgIpc) is 3.46. The monoisotopic (exact) mass is 674 g/mol. The Bertz CT molecular complexity index is 2500. The molecule has 0 aliphatic heterocycles. The van der Waals surface area contributed by atoms with Gasteiger partial charge in [0.15, 0.2) is 0 Å². The van der Waals surface area contributed by atoms with Crippen LogP contribution in [0.1, 0.15) is 25.0 Å². The Morgan fingerprint density at radius 3 is 0.774 bits per heavy atom. The van der Waals surface area contributed by atoms with Crippen molar-refractivity contribution < 1.29 is 0 Å². The minimum absolute atomic E-state index is 0.176. The molecule has 0 saturated heterocycles. The van der Waals surface area contributed by atoms with Crippen molar-refractivity contribution >= 4 is 21.5 Å². The van der Waals surface area contributed by atoms with Gasteiger partial charge >= 0.3 is 0 Å². The molecule has 0 unspecified atom stereocenters. The Morgan fingerprint density at radius 1 is 0.245 bits per heavy atom. The fraction of sp³-hybridized carbons (Fsp3) is 0.0566. The number of hydrogen-bond acceptors (Lipinski definition) is 0. The number of hydrogen-bond donors (Lipinski definition) is 0. The van der Waals surface area contributed by atoms with Gasteiger partial charge < -0.3 is 0 Å². The van der Waals surface area contributed by atoms with Gasteiger partial charge in [-0.3, -0.25) is 0 Å². The lowest BCUT2D eigenvalue weighted by atomic mass is 9.79. The maximum Gasteiger partial charge on any atom is 0.0159 e. The topological polar surface area (TPSA) is 0 Å². The summed E-state index contributed by atoms with van der Waals surface area (Å²) in [6.45, 7) is 4.82. The lowest BCUT2D eigenvalue weighted by molar-refractivity contribution is 0.663. The molecule has 0 heterocycles. The molecule has 0 aromatic heterocycles. The molecular weight excluding hydrogens is 637 g/mol. The third-order valence-electron chi connectivity index (χ3n) is 11.3. The van der Waals surface area contributed by atoms with Crippen LogP contribution in [0.2, 0.25) is 0 Å². The molecule has 0 nitrogen and oxygen atoms in total. The largest absolute Gasteiger partial charge is 0.0622 e. The molecule has 250 valence electrons. The highest BCUT2D eigenvalue weighted by molar-refractivity contribution is 6.16. The van der Waals surface area contributed by atoms with E-state index in [1.807, 2.05) is 0 Å². The molecule has 0 bridgehead atoms. The summed E-state index contributed by atoms with van der Waals surface area (Å²) in [5, 5.41) is 5.38. The molecule has 0 radical (unpaired) electrons. The first-order valence-electron chi connectivity index (χ1n) is 18.6.